The number of Topliss-reactive ketones (excluding diaryl/α,β-unsaturated/α-hetero) is 1. The first-order chi connectivity index (χ1) is 10.9. The van der Waals surface area contributed by atoms with Crippen molar-refractivity contribution < 1.29 is 4.79 Å². The molecular formula is C21H25NO. The van der Waals surface area contributed by atoms with E-state index in [4.69, 9.17) is 0 Å². The van der Waals surface area contributed by atoms with E-state index in [1.807, 2.05) is 0 Å². The zero-order chi connectivity index (χ0) is 16.6. The highest BCUT2D eigenvalue weighted by atomic mass is 16.1. The quantitative estimate of drug-likeness (QED) is 0.873. The lowest BCUT2D eigenvalue weighted by Gasteiger charge is -2.42. The summed E-state index contributed by atoms with van der Waals surface area (Å²) in [5.41, 5.74) is 4.47. The number of aryl methyl sites for hydroxylation is 2. The smallest absolute Gasteiger partial charge is 0.142 e. The monoisotopic (exact) mass is 307 g/mol. The van der Waals surface area contributed by atoms with Gasteiger partial charge in [0.05, 0.1) is 0 Å². The molecule has 3 rings (SSSR count). The highest BCUT2D eigenvalue weighted by molar-refractivity contribution is 5.86. The molecule has 0 aromatic heterocycles. The van der Waals surface area contributed by atoms with Crippen LogP contribution >= 0.6 is 0 Å². The van der Waals surface area contributed by atoms with Gasteiger partial charge in [0.2, 0.25) is 0 Å². The standard InChI is InChI=1S/C21H25NO/c1-14-5-9-16(10-6-14)18-13-19(23)21(3,4)20(22-18)17-11-7-15(2)8-12-17/h5-12,18,20,22H,13H2,1-4H3/t18-,20-/m1/s1. The molecule has 2 aromatic carbocycles. The van der Waals surface area contributed by atoms with Crippen LogP contribution in [0.4, 0.5) is 0 Å². The molecule has 2 aromatic rings. The summed E-state index contributed by atoms with van der Waals surface area (Å²) < 4.78 is 0. The van der Waals surface area contributed by atoms with Gasteiger partial charge >= 0.3 is 0 Å². The molecule has 1 fully saturated rings. The van der Waals surface area contributed by atoms with E-state index in [2.05, 4.69) is 81.5 Å². The molecule has 1 heterocycles. The van der Waals surface area contributed by atoms with Crippen LogP contribution < -0.4 is 5.32 Å². The van der Waals surface area contributed by atoms with Crippen molar-refractivity contribution in [2.45, 2.75) is 46.2 Å². The summed E-state index contributed by atoms with van der Waals surface area (Å²) in [7, 11) is 0. The molecule has 2 nitrogen and oxygen atoms in total. The van der Waals surface area contributed by atoms with Gasteiger partial charge in [-0.3, -0.25) is 4.79 Å². The van der Waals surface area contributed by atoms with Crippen LogP contribution in [-0.2, 0) is 4.79 Å². The van der Waals surface area contributed by atoms with Gasteiger partial charge < -0.3 is 5.32 Å². The lowest BCUT2D eigenvalue weighted by molar-refractivity contribution is -0.132. The number of carbonyl (C=O) groups is 1. The fourth-order valence-electron chi connectivity index (χ4n) is 3.36. The van der Waals surface area contributed by atoms with Crippen LogP contribution in [0.25, 0.3) is 0 Å². The molecule has 0 aliphatic carbocycles. The van der Waals surface area contributed by atoms with E-state index in [-0.39, 0.29) is 12.1 Å². The van der Waals surface area contributed by atoms with E-state index in [1.54, 1.807) is 0 Å². The van der Waals surface area contributed by atoms with Crippen LogP contribution in [0.5, 0.6) is 0 Å². The van der Waals surface area contributed by atoms with E-state index in [1.165, 1.54) is 22.3 Å². The summed E-state index contributed by atoms with van der Waals surface area (Å²) in [4.78, 5) is 12.8. The molecule has 0 spiro atoms. The van der Waals surface area contributed by atoms with Crippen LogP contribution in [0.2, 0.25) is 0 Å². The molecule has 1 N–H and O–H groups in total. The molecule has 0 unspecified atom stereocenters. The first-order valence-corrected chi connectivity index (χ1v) is 8.30. The Morgan fingerprint density at radius 3 is 1.87 bits per heavy atom. The average Bonchev–Trinajstić information content (AvgIpc) is 2.52. The largest absolute Gasteiger partial charge is 0.302 e. The SMILES string of the molecule is Cc1ccc([C@H]2N[C@@H](c3ccc(C)cc3)CC(=O)C2(C)C)cc1. The molecule has 2 atom stereocenters. The van der Waals surface area contributed by atoms with Crippen molar-refractivity contribution in [1.29, 1.82) is 0 Å². The van der Waals surface area contributed by atoms with Crippen LogP contribution in [0, 0.1) is 19.3 Å². The normalized spacial score (nSPS) is 23.7. The average molecular weight is 307 g/mol. The number of piperidine rings is 1. The predicted molar refractivity (Wildman–Crippen MR) is 94.4 cm³/mol. The first kappa shape index (κ1) is 15.9. The third-order valence-corrected chi connectivity index (χ3v) is 5.09. The van der Waals surface area contributed by atoms with E-state index in [0.29, 0.717) is 12.2 Å². The van der Waals surface area contributed by atoms with Gasteiger partial charge in [0.25, 0.3) is 0 Å². The zero-order valence-electron chi connectivity index (χ0n) is 14.4. The second kappa shape index (κ2) is 5.93. The van der Waals surface area contributed by atoms with Crippen molar-refractivity contribution in [3.8, 4) is 0 Å². The molecule has 1 aliphatic heterocycles. The maximum absolute atomic E-state index is 12.8. The van der Waals surface area contributed by atoms with Crippen LogP contribution in [0.3, 0.4) is 0 Å². The summed E-state index contributed by atoms with van der Waals surface area (Å²) in [6.45, 7) is 8.28. The second-order valence-electron chi connectivity index (χ2n) is 7.32. The molecule has 0 saturated carbocycles. The summed E-state index contributed by atoms with van der Waals surface area (Å²) >= 11 is 0. The van der Waals surface area contributed by atoms with Gasteiger partial charge in [-0.1, -0.05) is 73.5 Å². The fourth-order valence-corrected chi connectivity index (χ4v) is 3.36. The molecule has 0 amide bonds. The summed E-state index contributed by atoms with van der Waals surface area (Å²) in [5.74, 6) is 0.326. The Morgan fingerprint density at radius 1 is 0.870 bits per heavy atom. The minimum Gasteiger partial charge on any atom is -0.302 e. The second-order valence-corrected chi connectivity index (χ2v) is 7.32. The molecule has 23 heavy (non-hydrogen) atoms. The van der Waals surface area contributed by atoms with Crippen LogP contribution in [0.1, 0.15) is 54.6 Å². The van der Waals surface area contributed by atoms with E-state index >= 15 is 0 Å². The maximum atomic E-state index is 12.8. The van der Waals surface area contributed by atoms with Gasteiger partial charge in [0.15, 0.2) is 0 Å². The first-order valence-electron chi connectivity index (χ1n) is 8.30. The zero-order valence-corrected chi connectivity index (χ0v) is 14.4. The van der Waals surface area contributed by atoms with Crippen LogP contribution in [-0.4, -0.2) is 5.78 Å². The summed E-state index contributed by atoms with van der Waals surface area (Å²) in [6, 6.07) is 17.1. The Bertz CT molecular complexity index is 698. The number of hydrogen-bond donors (Lipinski definition) is 1. The van der Waals surface area contributed by atoms with Crippen molar-refractivity contribution in [1.82, 2.24) is 5.32 Å². The highest BCUT2D eigenvalue weighted by Crippen LogP contribution is 2.42. The number of benzene rings is 2. The molecular weight excluding hydrogens is 282 g/mol. The summed E-state index contributed by atoms with van der Waals surface area (Å²) in [5, 5.41) is 3.72. The highest BCUT2D eigenvalue weighted by Gasteiger charge is 2.43. The number of rotatable bonds is 2. The fraction of sp³-hybridized carbons (Fsp3) is 0.381. The molecule has 0 radical (unpaired) electrons. The van der Waals surface area contributed by atoms with E-state index in [9.17, 15) is 4.79 Å². The van der Waals surface area contributed by atoms with Gasteiger partial charge in [-0.15, -0.1) is 0 Å². The number of hydrogen-bond acceptors (Lipinski definition) is 2. The molecule has 1 saturated heterocycles. The van der Waals surface area contributed by atoms with Gasteiger partial charge in [-0.25, -0.2) is 0 Å². The van der Waals surface area contributed by atoms with Gasteiger partial charge in [0, 0.05) is 23.9 Å². The Balaban J connectivity index is 1.94. The van der Waals surface area contributed by atoms with Crippen molar-refractivity contribution in [3.63, 3.8) is 0 Å². The Kier molecular flexibility index (Phi) is 4.11. The maximum Gasteiger partial charge on any atom is 0.142 e. The lowest BCUT2D eigenvalue weighted by atomic mass is 9.71. The Labute approximate surface area is 138 Å². The number of nitrogens with one attached hydrogen (secondary N) is 1. The topological polar surface area (TPSA) is 29.1 Å². The van der Waals surface area contributed by atoms with Gasteiger partial charge in [-0.05, 0) is 25.0 Å². The molecule has 120 valence electrons. The van der Waals surface area contributed by atoms with Crippen molar-refractivity contribution >= 4 is 5.78 Å². The molecule has 1 aliphatic rings. The molecule has 0 bridgehead atoms. The third-order valence-electron chi connectivity index (χ3n) is 5.09. The molecule has 2 heteroatoms. The lowest BCUT2D eigenvalue weighted by Crippen LogP contribution is -2.47. The Hall–Kier alpha value is -1.93. The predicted octanol–water partition coefficient (Wildman–Crippen LogP) is 4.67. The van der Waals surface area contributed by atoms with Crippen LogP contribution in [0.15, 0.2) is 48.5 Å². The minimum absolute atomic E-state index is 0.0376. The number of ketones is 1. The van der Waals surface area contributed by atoms with Crippen molar-refractivity contribution in [2.24, 2.45) is 5.41 Å². The van der Waals surface area contributed by atoms with E-state index < -0.39 is 5.41 Å². The minimum atomic E-state index is -0.392. The van der Waals surface area contributed by atoms with Gasteiger partial charge in [-0.2, -0.15) is 0 Å². The van der Waals surface area contributed by atoms with Crippen molar-refractivity contribution in [3.05, 3.63) is 70.8 Å². The van der Waals surface area contributed by atoms with E-state index in [0.717, 1.165) is 0 Å². The van der Waals surface area contributed by atoms with Gasteiger partial charge in [0.1, 0.15) is 5.78 Å². The third kappa shape index (κ3) is 3.09. The van der Waals surface area contributed by atoms with Crippen molar-refractivity contribution in [2.75, 3.05) is 0 Å². The number of carbonyl (C=O) groups excluding carboxylic acids is 1. The Morgan fingerprint density at radius 2 is 1.35 bits per heavy atom. The summed E-state index contributed by atoms with van der Waals surface area (Å²) in [6.07, 6.45) is 0.554.